The van der Waals surface area contributed by atoms with Crippen LogP contribution in [0, 0.1) is 11.8 Å². The van der Waals surface area contributed by atoms with Crippen LogP contribution in [0.15, 0.2) is 23.7 Å². The van der Waals surface area contributed by atoms with E-state index in [1.54, 1.807) is 0 Å². The highest BCUT2D eigenvalue weighted by atomic mass is 16.3. The van der Waals surface area contributed by atoms with E-state index in [1.165, 1.54) is 5.47 Å². The van der Waals surface area contributed by atoms with Gasteiger partial charge < -0.3 is 5.11 Å². The SMILES string of the molecule is C[B]/C1=C/CC(O)[C@H](C(C)CC)CC=C1. The Morgan fingerprint density at radius 1 is 1.53 bits per heavy atom. The molecule has 83 valence electrons. The first kappa shape index (κ1) is 12.6. The highest BCUT2D eigenvalue weighted by Gasteiger charge is 2.23. The highest BCUT2D eigenvalue weighted by Crippen LogP contribution is 2.27. The summed E-state index contributed by atoms with van der Waals surface area (Å²) in [5.41, 5.74) is 1.23. The summed E-state index contributed by atoms with van der Waals surface area (Å²) in [5, 5.41) is 10.1. The summed E-state index contributed by atoms with van der Waals surface area (Å²) in [7, 11) is 2.09. The Balaban J connectivity index is 2.67. The van der Waals surface area contributed by atoms with Crippen molar-refractivity contribution < 1.29 is 5.11 Å². The lowest BCUT2D eigenvalue weighted by Gasteiger charge is -2.27. The number of aliphatic hydroxyl groups excluding tert-OH is 1. The summed E-state index contributed by atoms with van der Waals surface area (Å²) in [4.78, 5) is 0. The van der Waals surface area contributed by atoms with E-state index in [0.717, 1.165) is 19.3 Å². The summed E-state index contributed by atoms with van der Waals surface area (Å²) in [6.07, 6.45) is 9.26. The molecule has 0 saturated heterocycles. The predicted octanol–water partition coefficient (Wildman–Crippen LogP) is 3.00. The van der Waals surface area contributed by atoms with Gasteiger partial charge >= 0.3 is 0 Å². The Labute approximate surface area is 94.5 Å². The monoisotopic (exact) mass is 205 g/mol. The van der Waals surface area contributed by atoms with Crippen molar-refractivity contribution in [3.8, 4) is 0 Å². The number of hydrogen-bond acceptors (Lipinski definition) is 1. The lowest BCUT2D eigenvalue weighted by Crippen LogP contribution is -2.26. The second-order valence-electron chi connectivity index (χ2n) is 4.48. The Morgan fingerprint density at radius 3 is 2.87 bits per heavy atom. The minimum Gasteiger partial charge on any atom is -0.392 e. The van der Waals surface area contributed by atoms with Crippen LogP contribution in [0.25, 0.3) is 0 Å². The van der Waals surface area contributed by atoms with E-state index >= 15 is 0 Å². The zero-order valence-corrected chi connectivity index (χ0v) is 10.1. The molecule has 1 aliphatic rings. The van der Waals surface area contributed by atoms with Crippen molar-refractivity contribution in [1.29, 1.82) is 0 Å². The Morgan fingerprint density at radius 2 is 2.27 bits per heavy atom. The summed E-state index contributed by atoms with van der Waals surface area (Å²) < 4.78 is 0. The third kappa shape index (κ3) is 3.53. The zero-order valence-electron chi connectivity index (χ0n) is 10.1. The maximum atomic E-state index is 10.1. The maximum Gasteiger partial charge on any atom is 0.147 e. The first-order valence-electron chi connectivity index (χ1n) is 6.03. The molecule has 1 radical (unpaired) electrons. The van der Waals surface area contributed by atoms with Crippen LogP contribution in [-0.4, -0.2) is 18.5 Å². The molecule has 0 aliphatic heterocycles. The van der Waals surface area contributed by atoms with Gasteiger partial charge in [0.05, 0.1) is 6.10 Å². The zero-order chi connectivity index (χ0) is 11.3. The van der Waals surface area contributed by atoms with Gasteiger partial charge in [0.1, 0.15) is 7.28 Å². The molecule has 1 aliphatic carbocycles. The number of aliphatic hydroxyl groups is 1. The van der Waals surface area contributed by atoms with Crippen LogP contribution < -0.4 is 0 Å². The van der Waals surface area contributed by atoms with Gasteiger partial charge in [-0.1, -0.05) is 50.8 Å². The summed E-state index contributed by atoms with van der Waals surface area (Å²) in [5.74, 6) is 1.02. The average molecular weight is 205 g/mol. The van der Waals surface area contributed by atoms with Crippen molar-refractivity contribution >= 4 is 7.28 Å². The quantitative estimate of drug-likeness (QED) is 0.702. The van der Waals surface area contributed by atoms with Crippen molar-refractivity contribution in [2.75, 3.05) is 0 Å². The maximum absolute atomic E-state index is 10.1. The van der Waals surface area contributed by atoms with Crippen molar-refractivity contribution in [3.63, 3.8) is 0 Å². The van der Waals surface area contributed by atoms with Gasteiger partial charge in [-0.3, -0.25) is 0 Å². The summed E-state index contributed by atoms with van der Waals surface area (Å²) in [6, 6.07) is 0. The van der Waals surface area contributed by atoms with E-state index in [1.807, 2.05) is 6.82 Å². The van der Waals surface area contributed by atoms with Crippen LogP contribution in [0.3, 0.4) is 0 Å². The van der Waals surface area contributed by atoms with Crippen LogP contribution in [-0.2, 0) is 0 Å². The Bertz CT molecular complexity index is 245. The molecule has 0 heterocycles. The number of rotatable bonds is 3. The molecule has 1 nitrogen and oxygen atoms in total. The molecule has 0 aromatic heterocycles. The molecule has 0 fully saturated rings. The summed E-state index contributed by atoms with van der Waals surface area (Å²) >= 11 is 0. The molecule has 0 bridgehead atoms. The van der Waals surface area contributed by atoms with Crippen LogP contribution in [0.2, 0.25) is 6.82 Å². The number of hydrogen-bond donors (Lipinski definition) is 1. The van der Waals surface area contributed by atoms with Crippen molar-refractivity contribution in [2.45, 2.75) is 46.0 Å². The minimum absolute atomic E-state index is 0.181. The lowest BCUT2D eigenvalue weighted by atomic mass is 9.70. The standard InChI is InChI=1S/C13H22BO/c1-4-10(2)12-7-5-6-11(14-3)8-9-13(12)15/h5-6,8,10,12-13,15H,4,7,9H2,1-3H3/b6-5?,11-8+/t10?,12-,13?/m0/s1. The van der Waals surface area contributed by atoms with Crippen molar-refractivity contribution in [1.82, 2.24) is 0 Å². The van der Waals surface area contributed by atoms with Gasteiger partial charge in [0.15, 0.2) is 0 Å². The molecule has 0 spiro atoms. The highest BCUT2D eigenvalue weighted by molar-refractivity contribution is 6.44. The van der Waals surface area contributed by atoms with E-state index < -0.39 is 0 Å². The molecular weight excluding hydrogens is 183 g/mol. The second kappa shape index (κ2) is 6.17. The fourth-order valence-electron chi connectivity index (χ4n) is 2.15. The van der Waals surface area contributed by atoms with Gasteiger partial charge in [-0.2, -0.15) is 0 Å². The van der Waals surface area contributed by atoms with Crippen LogP contribution in [0.1, 0.15) is 33.1 Å². The van der Waals surface area contributed by atoms with Gasteiger partial charge in [0.25, 0.3) is 0 Å². The van der Waals surface area contributed by atoms with E-state index in [4.69, 9.17) is 0 Å². The van der Waals surface area contributed by atoms with Crippen molar-refractivity contribution in [3.05, 3.63) is 23.7 Å². The molecule has 1 rings (SSSR count). The smallest absolute Gasteiger partial charge is 0.147 e. The molecule has 3 atom stereocenters. The molecule has 2 unspecified atom stereocenters. The largest absolute Gasteiger partial charge is 0.392 e. The second-order valence-corrected chi connectivity index (χ2v) is 4.48. The molecule has 0 saturated carbocycles. The van der Waals surface area contributed by atoms with Gasteiger partial charge in [-0.05, 0) is 24.7 Å². The predicted molar refractivity (Wildman–Crippen MR) is 67.0 cm³/mol. The molecular formula is C13H22BO. The van der Waals surface area contributed by atoms with E-state index in [9.17, 15) is 5.11 Å². The molecule has 1 N–H and O–H groups in total. The molecule has 0 amide bonds. The summed E-state index contributed by atoms with van der Waals surface area (Å²) in [6.45, 7) is 6.47. The average Bonchev–Trinajstić information content (AvgIpc) is 2.24. The van der Waals surface area contributed by atoms with E-state index in [2.05, 4.69) is 39.4 Å². The Hall–Kier alpha value is -0.495. The van der Waals surface area contributed by atoms with Gasteiger partial charge in [-0.15, -0.1) is 0 Å². The van der Waals surface area contributed by atoms with Crippen molar-refractivity contribution in [2.24, 2.45) is 11.8 Å². The van der Waals surface area contributed by atoms with Crippen LogP contribution in [0.5, 0.6) is 0 Å². The van der Waals surface area contributed by atoms with E-state index in [-0.39, 0.29) is 6.10 Å². The fraction of sp³-hybridized carbons (Fsp3) is 0.692. The fourth-order valence-corrected chi connectivity index (χ4v) is 2.15. The van der Waals surface area contributed by atoms with Crippen LogP contribution in [0.4, 0.5) is 0 Å². The van der Waals surface area contributed by atoms with E-state index in [0.29, 0.717) is 11.8 Å². The number of allylic oxidation sites excluding steroid dienone is 3. The molecule has 2 heteroatoms. The molecule has 15 heavy (non-hydrogen) atoms. The normalized spacial score (nSPS) is 32.4. The topological polar surface area (TPSA) is 20.2 Å². The van der Waals surface area contributed by atoms with Gasteiger partial charge in [0.2, 0.25) is 0 Å². The molecule has 0 aromatic carbocycles. The van der Waals surface area contributed by atoms with Gasteiger partial charge in [-0.25, -0.2) is 0 Å². The minimum atomic E-state index is -0.181. The van der Waals surface area contributed by atoms with Crippen LogP contribution >= 0.6 is 0 Å². The van der Waals surface area contributed by atoms with Gasteiger partial charge in [0, 0.05) is 0 Å². The third-order valence-electron chi connectivity index (χ3n) is 3.52. The third-order valence-corrected chi connectivity index (χ3v) is 3.52. The first-order chi connectivity index (χ1) is 7.19. The molecule has 0 aromatic rings. The lowest BCUT2D eigenvalue weighted by molar-refractivity contribution is 0.0789. The first-order valence-corrected chi connectivity index (χ1v) is 6.03. The Kier molecular flexibility index (Phi) is 5.17.